The molecule has 0 aliphatic heterocycles. The van der Waals surface area contributed by atoms with Crippen LogP contribution < -0.4 is 5.69 Å². The fraction of sp³-hybridized carbons (Fsp3) is 0.438. The second-order valence-electron chi connectivity index (χ2n) is 5.91. The van der Waals surface area contributed by atoms with Gasteiger partial charge in [-0.25, -0.2) is 18.6 Å². The first-order valence-corrected chi connectivity index (χ1v) is 9.41. The highest BCUT2D eigenvalue weighted by Gasteiger charge is 2.75. The van der Waals surface area contributed by atoms with Crippen LogP contribution in [0.4, 0.5) is 35.1 Å². The van der Waals surface area contributed by atoms with Gasteiger partial charge in [-0.1, -0.05) is 0 Å². The summed E-state index contributed by atoms with van der Waals surface area (Å²) < 4.78 is 116. The number of hydrogen-bond acceptors (Lipinski definition) is 4. The summed E-state index contributed by atoms with van der Waals surface area (Å²) in [6, 6.07) is 3.75. The Hall–Kier alpha value is -2.22. The zero-order valence-corrected chi connectivity index (χ0v) is 15.8. The first-order chi connectivity index (χ1) is 13.8. The predicted octanol–water partition coefficient (Wildman–Crippen LogP) is 3.60. The summed E-state index contributed by atoms with van der Waals surface area (Å²) in [4.78, 5) is 19.4. The highest BCUT2D eigenvalue weighted by molar-refractivity contribution is 7.91. The molecule has 2 aromatic heterocycles. The van der Waals surface area contributed by atoms with E-state index < -0.39 is 47.6 Å². The lowest BCUT2D eigenvalue weighted by molar-refractivity contribution is -0.341. The van der Waals surface area contributed by atoms with Crippen molar-refractivity contribution in [2.24, 2.45) is 0 Å². The second kappa shape index (κ2) is 8.49. The van der Waals surface area contributed by atoms with Gasteiger partial charge in [0.05, 0.1) is 6.54 Å². The second-order valence-corrected chi connectivity index (χ2v) is 7.62. The summed E-state index contributed by atoms with van der Waals surface area (Å²) in [5, 5.41) is 0. The van der Waals surface area contributed by atoms with Crippen molar-refractivity contribution in [3.63, 3.8) is 0 Å². The minimum atomic E-state index is -6.45. The van der Waals surface area contributed by atoms with Crippen LogP contribution in [0.25, 0.3) is 11.4 Å². The van der Waals surface area contributed by atoms with E-state index in [2.05, 4.69) is 9.97 Å². The van der Waals surface area contributed by atoms with Crippen LogP contribution >= 0.6 is 0 Å². The van der Waals surface area contributed by atoms with Gasteiger partial charge in [-0.15, -0.1) is 0 Å². The van der Waals surface area contributed by atoms with Crippen LogP contribution in [0.2, 0.25) is 0 Å². The van der Waals surface area contributed by atoms with E-state index in [1.807, 2.05) is 0 Å². The van der Waals surface area contributed by atoms with E-state index in [1.54, 1.807) is 6.92 Å². The van der Waals surface area contributed by atoms with Gasteiger partial charge in [0.2, 0.25) is 0 Å². The molecule has 5 nitrogen and oxygen atoms in total. The van der Waals surface area contributed by atoms with Gasteiger partial charge < -0.3 is 4.55 Å². The third kappa shape index (κ3) is 4.29. The Morgan fingerprint density at radius 1 is 1.17 bits per heavy atom. The van der Waals surface area contributed by atoms with E-state index >= 15 is 0 Å². The molecule has 2 heterocycles. The molecule has 2 aromatic rings. The van der Waals surface area contributed by atoms with Gasteiger partial charge >= 0.3 is 29.9 Å². The SMILES string of the molecule is CC[S+]([O-])c1cccnc1-c1ccn(CC(F)(F)C(F)(F)C(F)(F)C(F)F)c(=O)n1. The Labute approximate surface area is 166 Å². The van der Waals surface area contributed by atoms with Crippen molar-refractivity contribution in [2.75, 3.05) is 5.75 Å². The lowest BCUT2D eigenvalue weighted by atomic mass is 10.0. The minimum Gasteiger partial charge on any atom is -0.611 e. The van der Waals surface area contributed by atoms with Crippen molar-refractivity contribution in [3.8, 4) is 11.4 Å². The quantitative estimate of drug-likeness (QED) is 0.443. The third-order valence-corrected chi connectivity index (χ3v) is 5.26. The van der Waals surface area contributed by atoms with Crippen LogP contribution in [0.5, 0.6) is 0 Å². The maximum absolute atomic E-state index is 13.8. The Bertz CT molecular complexity index is 954. The molecule has 166 valence electrons. The van der Waals surface area contributed by atoms with Gasteiger partial charge in [-0.3, -0.25) is 4.57 Å². The molecule has 0 saturated carbocycles. The molecule has 1 unspecified atom stereocenters. The molecule has 0 bridgehead atoms. The first kappa shape index (κ1) is 24.1. The molecule has 0 N–H and O–H groups in total. The number of hydrogen-bond donors (Lipinski definition) is 0. The fourth-order valence-corrected chi connectivity index (χ4v) is 3.21. The van der Waals surface area contributed by atoms with E-state index in [4.69, 9.17) is 0 Å². The Balaban J connectivity index is 2.41. The zero-order chi connectivity index (χ0) is 22.9. The van der Waals surface area contributed by atoms with Crippen LogP contribution in [0.1, 0.15) is 6.92 Å². The van der Waals surface area contributed by atoms with Gasteiger partial charge in [0.1, 0.15) is 17.1 Å². The van der Waals surface area contributed by atoms with Gasteiger partial charge in [-0.05, 0) is 36.3 Å². The number of pyridine rings is 1. The number of aromatic nitrogens is 3. The summed E-state index contributed by atoms with van der Waals surface area (Å²) in [5.41, 5.74) is -1.83. The summed E-state index contributed by atoms with van der Waals surface area (Å²) in [5.74, 6) is -18.3. The molecule has 0 amide bonds. The van der Waals surface area contributed by atoms with E-state index in [9.17, 15) is 44.5 Å². The molecule has 0 spiro atoms. The minimum absolute atomic E-state index is 0.0387. The first-order valence-electron chi connectivity index (χ1n) is 8.09. The molecule has 0 saturated heterocycles. The van der Waals surface area contributed by atoms with Crippen LogP contribution in [0.3, 0.4) is 0 Å². The van der Waals surface area contributed by atoms with Gasteiger partial charge in [0, 0.05) is 12.4 Å². The van der Waals surface area contributed by atoms with Crippen LogP contribution in [0, 0.1) is 0 Å². The van der Waals surface area contributed by atoms with Gasteiger partial charge in [-0.2, -0.15) is 31.3 Å². The molecule has 30 heavy (non-hydrogen) atoms. The highest BCUT2D eigenvalue weighted by atomic mass is 32.2. The maximum atomic E-state index is 13.8. The summed E-state index contributed by atoms with van der Waals surface area (Å²) in [6.45, 7) is -0.736. The van der Waals surface area contributed by atoms with Gasteiger partial charge in [0.25, 0.3) is 0 Å². The maximum Gasteiger partial charge on any atom is 0.379 e. The topological polar surface area (TPSA) is 70.8 Å². The van der Waals surface area contributed by atoms with Crippen molar-refractivity contribution < 1.29 is 39.7 Å². The number of halogens is 8. The summed E-state index contributed by atoms with van der Waals surface area (Å²) in [6.07, 6.45) is -3.25. The van der Waals surface area contributed by atoms with E-state index in [1.165, 1.54) is 18.3 Å². The standard InChI is InChI=1S/C16H13F8N3O2S/c1-2-30(29)10-4-3-6-25-11(10)9-5-7-27(13(28)26-9)8-14(19,20)16(23,24)15(21,22)12(17)18/h3-7,12H,2,8H2,1H3. The molecule has 14 heteroatoms. The van der Waals surface area contributed by atoms with Gasteiger partial charge in [0.15, 0.2) is 4.90 Å². The molecule has 2 rings (SSSR count). The molecule has 0 fully saturated rings. The molecule has 0 aromatic carbocycles. The molecule has 0 radical (unpaired) electrons. The lowest BCUT2D eigenvalue weighted by Crippen LogP contribution is -2.59. The summed E-state index contributed by atoms with van der Waals surface area (Å²) >= 11 is -1.54. The van der Waals surface area contributed by atoms with Crippen LogP contribution in [0.15, 0.2) is 40.3 Å². The number of rotatable bonds is 8. The summed E-state index contributed by atoms with van der Waals surface area (Å²) in [7, 11) is 0. The van der Waals surface area contributed by atoms with Crippen molar-refractivity contribution in [1.29, 1.82) is 0 Å². The van der Waals surface area contributed by atoms with Crippen molar-refractivity contribution in [3.05, 3.63) is 41.1 Å². The number of alkyl halides is 8. The van der Waals surface area contributed by atoms with E-state index in [0.717, 1.165) is 6.07 Å². The van der Waals surface area contributed by atoms with E-state index in [-0.39, 0.29) is 26.6 Å². The fourth-order valence-electron chi connectivity index (χ4n) is 2.30. The third-order valence-electron chi connectivity index (χ3n) is 3.92. The molecule has 1 atom stereocenters. The Morgan fingerprint density at radius 3 is 2.33 bits per heavy atom. The molecule has 0 aliphatic carbocycles. The predicted molar refractivity (Wildman–Crippen MR) is 89.5 cm³/mol. The van der Waals surface area contributed by atoms with Crippen molar-refractivity contribution in [1.82, 2.24) is 14.5 Å². The monoisotopic (exact) mass is 463 g/mol. The average molecular weight is 463 g/mol. The molecular formula is C16H13F8N3O2S. The largest absolute Gasteiger partial charge is 0.611 e. The Kier molecular flexibility index (Phi) is 6.81. The Morgan fingerprint density at radius 2 is 1.80 bits per heavy atom. The normalized spacial score (nSPS) is 14.2. The molecular weight excluding hydrogens is 450 g/mol. The smallest absolute Gasteiger partial charge is 0.379 e. The molecule has 0 aliphatic rings. The number of nitrogens with zero attached hydrogens (tertiary/aromatic N) is 3. The van der Waals surface area contributed by atoms with Crippen molar-refractivity contribution >= 4 is 11.2 Å². The van der Waals surface area contributed by atoms with Crippen molar-refractivity contribution in [2.45, 2.75) is 42.6 Å². The van der Waals surface area contributed by atoms with Crippen LogP contribution in [-0.4, -0.2) is 49.0 Å². The lowest BCUT2D eigenvalue weighted by Gasteiger charge is -2.32. The zero-order valence-electron chi connectivity index (χ0n) is 15.0. The average Bonchev–Trinajstić information content (AvgIpc) is 2.68. The highest BCUT2D eigenvalue weighted by Crippen LogP contribution is 2.49. The van der Waals surface area contributed by atoms with E-state index in [0.29, 0.717) is 6.20 Å². The van der Waals surface area contributed by atoms with Crippen LogP contribution in [-0.2, 0) is 17.7 Å².